The smallest absolute Gasteiger partial charge is 0.0476 e. The number of hydrogen-bond acceptors (Lipinski definition) is 3. The van der Waals surface area contributed by atoms with E-state index >= 15 is 0 Å². The van der Waals surface area contributed by atoms with Gasteiger partial charge in [-0.1, -0.05) is 74.5 Å². The number of piperazine rings is 1. The lowest BCUT2D eigenvalue weighted by molar-refractivity contribution is 0.0615. The lowest BCUT2D eigenvalue weighted by atomic mass is 10.0. The van der Waals surface area contributed by atoms with Crippen LogP contribution in [0.25, 0.3) is 0 Å². The van der Waals surface area contributed by atoms with Crippen molar-refractivity contribution in [1.82, 2.24) is 14.7 Å². The van der Waals surface area contributed by atoms with Crippen LogP contribution in [-0.2, 0) is 6.54 Å². The largest absolute Gasteiger partial charge is 0.303 e. The minimum Gasteiger partial charge on any atom is -0.303 e. The first-order valence-electron chi connectivity index (χ1n) is 10.1. The summed E-state index contributed by atoms with van der Waals surface area (Å²) in [4.78, 5) is 7.83. The Hall–Kier alpha value is -1.68. The third-order valence-electron chi connectivity index (χ3n) is 5.61. The number of likely N-dealkylation sites (N-methyl/N-ethyl adjacent to an activating group) is 1. The van der Waals surface area contributed by atoms with Gasteiger partial charge in [0.25, 0.3) is 0 Å². The third-order valence-corrected chi connectivity index (χ3v) is 5.61. The number of nitrogens with zero attached hydrogens (tertiary/aromatic N) is 3. The van der Waals surface area contributed by atoms with Gasteiger partial charge >= 0.3 is 0 Å². The second-order valence-corrected chi connectivity index (χ2v) is 7.21. The zero-order chi connectivity index (χ0) is 18.2. The lowest BCUT2D eigenvalue weighted by Crippen LogP contribution is -2.49. The predicted octanol–water partition coefficient (Wildman–Crippen LogP) is 3.89. The summed E-state index contributed by atoms with van der Waals surface area (Å²) in [6, 6.07) is 22.4. The molecule has 1 saturated heterocycles. The van der Waals surface area contributed by atoms with Crippen molar-refractivity contribution in [2.75, 3.05) is 45.8 Å². The minimum absolute atomic E-state index is 0.490. The van der Waals surface area contributed by atoms with Crippen LogP contribution in [0.4, 0.5) is 0 Å². The van der Waals surface area contributed by atoms with Crippen LogP contribution in [0, 0.1) is 0 Å². The van der Waals surface area contributed by atoms with Crippen LogP contribution in [0.1, 0.15) is 31.0 Å². The van der Waals surface area contributed by atoms with Gasteiger partial charge in [0.1, 0.15) is 0 Å². The standard InChI is InChI=1S/C23H33N3/c1-3-24(4-2)15-17-26-18-16-25(19-21-11-7-5-8-12-21)20-23(26)22-13-9-6-10-14-22/h5-14,23H,3-4,15-20H2,1-2H3. The monoisotopic (exact) mass is 351 g/mol. The van der Waals surface area contributed by atoms with Gasteiger partial charge in [0.2, 0.25) is 0 Å². The highest BCUT2D eigenvalue weighted by atomic mass is 15.3. The second-order valence-electron chi connectivity index (χ2n) is 7.21. The van der Waals surface area contributed by atoms with E-state index in [9.17, 15) is 0 Å². The van der Waals surface area contributed by atoms with Gasteiger partial charge in [-0.15, -0.1) is 0 Å². The van der Waals surface area contributed by atoms with Crippen molar-refractivity contribution in [2.24, 2.45) is 0 Å². The summed E-state index contributed by atoms with van der Waals surface area (Å²) >= 11 is 0. The maximum absolute atomic E-state index is 2.69. The van der Waals surface area contributed by atoms with Crippen LogP contribution in [-0.4, -0.2) is 60.5 Å². The fraction of sp³-hybridized carbons (Fsp3) is 0.478. The van der Waals surface area contributed by atoms with Crippen molar-refractivity contribution >= 4 is 0 Å². The Morgan fingerprint density at radius 2 is 1.54 bits per heavy atom. The molecule has 1 aliphatic heterocycles. The molecule has 0 aromatic heterocycles. The normalized spacial score (nSPS) is 19.1. The van der Waals surface area contributed by atoms with Crippen LogP contribution in [0.5, 0.6) is 0 Å². The van der Waals surface area contributed by atoms with Gasteiger partial charge < -0.3 is 4.90 Å². The SMILES string of the molecule is CCN(CC)CCN1CCN(Cc2ccccc2)CC1c1ccccc1. The third kappa shape index (κ3) is 5.16. The van der Waals surface area contributed by atoms with Crippen molar-refractivity contribution in [3.05, 3.63) is 71.8 Å². The molecule has 2 aromatic carbocycles. The van der Waals surface area contributed by atoms with Gasteiger partial charge in [0, 0.05) is 45.3 Å². The molecule has 0 amide bonds. The molecule has 2 aromatic rings. The highest BCUT2D eigenvalue weighted by molar-refractivity contribution is 5.21. The van der Waals surface area contributed by atoms with Crippen LogP contribution in [0.2, 0.25) is 0 Å². The molecule has 1 aliphatic rings. The van der Waals surface area contributed by atoms with E-state index in [-0.39, 0.29) is 0 Å². The van der Waals surface area contributed by atoms with Gasteiger partial charge in [-0.25, -0.2) is 0 Å². The zero-order valence-electron chi connectivity index (χ0n) is 16.3. The van der Waals surface area contributed by atoms with Crippen LogP contribution >= 0.6 is 0 Å². The topological polar surface area (TPSA) is 9.72 Å². The van der Waals surface area contributed by atoms with Gasteiger partial charge in [-0.2, -0.15) is 0 Å². The molecule has 0 aliphatic carbocycles. The fourth-order valence-electron chi connectivity index (χ4n) is 3.93. The van der Waals surface area contributed by atoms with E-state index in [1.807, 2.05) is 0 Å². The zero-order valence-corrected chi connectivity index (χ0v) is 16.3. The van der Waals surface area contributed by atoms with Crippen molar-refractivity contribution in [3.8, 4) is 0 Å². The summed E-state index contributed by atoms with van der Waals surface area (Å²) in [5.41, 5.74) is 2.86. The summed E-state index contributed by atoms with van der Waals surface area (Å²) in [5, 5.41) is 0. The van der Waals surface area contributed by atoms with E-state index in [1.54, 1.807) is 0 Å². The van der Waals surface area contributed by atoms with Crippen molar-refractivity contribution in [1.29, 1.82) is 0 Å². The average molecular weight is 352 g/mol. The molecule has 0 N–H and O–H groups in total. The lowest BCUT2D eigenvalue weighted by Gasteiger charge is -2.42. The molecule has 0 saturated carbocycles. The first-order chi connectivity index (χ1) is 12.8. The Kier molecular flexibility index (Phi) is 7.24. The summed E-state index contributed by atoms with van der Waals surface area (Å²) in [6.07, 6.45) is 0. The summed E-state index contributed by atoms with van der Waals surface area (Å²) in [5.74, 6) is 0. The first kappa shape index (κ1) is 19.1. The minimum atomic E-state index is 0.490. The first-order valence-corrected chi connectivity index (χ1v) is 10.1. The molecular weight excluding hydrogens is 318 g/mol. The molecule has 1 atom stereocenters. The average Bonchev–Trinajstić information content (AvgIpc) is 2.71. The predicted molar refractivity (Wildman–Crippen MR) is 110 cm³/mol. The van der Waals surface area contributed by atoms with E-state index in [2.05, 4.69) is 89.2 Å². The van der Waals surface area contributed by atoms with Crippen LogP contribution in [0.3, 0.4) is 0 Å². The number of hydrogen-bond donors (Lipinski definition) is 0. The van der Waals surface area contributed by atoms with Crippen LogP contribution in [0.15, 0.2) is 60.7 Å². The Morgan fingerprint density at radius 3 is 2.19 bits per heavy atom. The molecule has 1 fully saturated rings. The molecule has 3 heteroatoms. The van der Waals surface area contributed by atoms with Gasteiger partial charge in [0.15, 0.2) is 0 Å². The van der Waals surface area contributed by atoms with E-state index < -0.39 is 0 Å². The van der Waals surface area contributed by atoms with E-state index in [4.69, 9.17) is 0 Å². The molecule has 0 spiro atoms. The molecule has 26 heavy (non-hydrogen) atoms. The summed E-state index contributed by atoms with van der Waals surface area (Å²) in [6.45, 7) is 13.6. The maximum atomic E-state index is 2.69. The Morgan fingerprint density at radius 1 is 0.885 bits per heavy atom. The molecule has 3 rings (SSSR count). The number of benzene rings is 2. The van der Waals surface area contributed by atoms with Crippen LogP contribution < -0.4 is 0 Å². The van der Waals surface area contributed by atoms with Gasteiger partial charge in [-0.3, -0.25) is 9.80 Å². The van der Waals surface area contributed by atoms with E-state index in [0.29, 0.717) is 6.04 Å². The molecule has 0 bridgehead atoms. The maximum Gasteiger partial charge on any atom is 0.0476 e. The molecular formula is C23H33N3. The Labute approximate surface area is 159 Å². The molecule has 1 unspecified atom stereocenters. The summed E-state index contributed by atoms with van der Waals surface area (Å²) in [7, 11) is 0. The van der Waals surface area contributed by atoms with E-state index in [0.717, 1.165) is 52.4 Å². The molecule has 1 heterocycles. The Balaban J connectivity index is 1.68. The molecule has 140 valence electrons. The van der Waals surface area contributed by atoms with E-state index in [1.165, 1.54) is 11.1 Å². The Bertz CT molecular complexity index is 624. The van der Waals surface area contributed by atoms with Gasteiger partial charge in [-0.05, 0) is 24.2 Å². The molecule has 3 nitrogen and oxygen atoms in total. The van der Waals surface area contributed by atoms with Gasteiger partial charge in [0.05, 0.1) is 0 Å². The highest BCUT2D eigenvalue weighted by Crippen LogP contribution is 2.26. The highest BCUT2D eigenvalue weighted by Gasteiger charge is 2.28. The number of rotatable bonds is 8. The summed E-state index contributed by atoms with van der Waals surface area (Å²) < 4.78 is 0. The van der Waals surface area contributed by atoms with Crippen molar-refractivity contribution in [3.63, 3.8) is 0 Å². The van der Waals surface area contributed by atoms with Crippen molar-refractivity contribution < 1.29 is 0 Å². The second kappa shape index (κ2) is 9.86. The molecule has 0 radical (unpaired) electrons. The fourth-order valence-corrected chi connectivity index (χ4v) is 3.93. The van der Waals surface area contributed by atoms with Crippen molar-refractivity contribution in [2.45, 2.75) is 26.4 Å². The quantitative estimate of drug-likeness (QED) is 0.714.